The summed E-state index contributed by atoms with van der Waals surface area (Å²) in [5, 5.41) is 14.7. The van der Waals surface area contributed by atoms with Crippen molar-refractivity contribution in [3.05, 3.63) is 64.5 Å². The summed E-state index contributed by atoms with van der Waals surface area (Å²) in [6.45, 7) is 6.25. The molecular formula is C23H29N7O2. The van der Waals surface area contributed by atoms with Gasteiger partial charge >= 0.3 is 0 Å². The fourth-order valence-electron chi connectivity index (χ4n) is 4.38. The first-order valence-corrected chi connectivity index (χ1v) is 10.9. The van der Waals surface area contributed by atoms with Crippen LogP contribution in [0.5, 0.6) is 0 Å². The Labute approximate surface area is 187 Å². The normalized spacial score (nSPS) is 18.2. The second-order valence-electron chi connectivity index (χ2n) is 8.39. The molecule has 1 saturated heterocycles. The standard InChI is InChI=1S/C23H29N7O2/c1-14-19(15(2)29(4)28-14)10-11-21(31)30-13-18(12-20(30)22-24-16(3)26-27-22)25-23(32)17-8-6-5-7-9-17/h5-9,18,20H,10-13H2,1-4H3,(H,25,32)(H,24,26,27)/t18-,20-/m0/s1. The first kappa shape index (κ1) is 21.7. The molecule has 1 fully saturated rings. The monoisotopic (exact) mass is 435 g/mol. The lowest BCUT2D eigenvalue weighted by Gasteiger charge is -2.22. The summed E-state index contributed by atoms with van der Waals surface area (Å²) in [5.41, 5.74) is 3.74. The molecule has 0 spiro atoms. The van der Waals surface area contributed by atoms with E-state index in [1.807, 2.05) is 50.7 Å². The Balaban J connectivity index is 1.48. The first-order valence-electron chi connectivity index (χ1n) is 10.9. The molecule has 2 N–H and O–H groups in total. The Bertz CT molecular complexity index is 1120. The summed E-state index contributed by atoms with van der Waals surface area (Å²) in [5.74, 6) is 1.17. The highest BCUT2D eigenvalue weighted by molar-refractivity contribution is 5.94. The average molecular weight is 436 g/mol. The predicted molar refractivity (Wildman–Crippen MR) is 119 cm³/mol. The Morgan fingerprint density at radius 1 is 1.19 bits per heavy atom. The zero-order valence-electron chi connectivity index (χ0n) is 18.9. The van der Waals surface area contributed by atoms with Gasteiger partial charge in [0.1, 0.15) is 5.82 Å². The minimum Gasteiger partial charge on any atom is -0.347 e. The van der Waals surface area contributed by atoms with Gasteiger partial charge in [-0.05, 0) is 51.3 Å². The number of aromatic amines is 1. The lowest BCUT2D eigenvalue weighted by Crippen LogP contribution is -2.38. The van der Waals surface area contributed by atoms with E-state index in [1.54, 1.807) is 17.0 Å². The maximum absolute atomic E-state index is 13.3. The smallest absolute Gasteiger partial charge is 0.251 e. The molecule has 0 bridgehead atoms. The molecule has 1 aliphatic rings. The largest absolute Gasteiger partial charge is 0.347 e. The SMILES string of the molecule is Cc1nc([C@@H]2C[C@H](NC(=O)c3ccccc3)CN2C(=O)CCc2c(C)nn(C)c2C)n[nH]1. The van der Waals surface area contributed by atoms with Crippen LogP contribution >= 0.6 is 0 Å². The Morgan fingerprint density at radius 3 is 2.56 bits per heavy atom. The number of hydrogen-bond acceptors (Lipinski definition) is 5. The number of hydrogen-bond donors (Lipinski definition) is 2. The van der Waals surface area contributed by atoms with Crippen molar-refractivity contribution in [1.82, 2.24) is 35.2 Å². The number of amides is 2. The number of aromatic nitrogens is 5. The third-order valence-electron chi connectivity index (χ3n) is 6.15. The van der Waals surface area contributed by atoms with Gasteiger partial charge in [-0.2, -0.15) is 10.2 Å². The van der Waals surface area contributed by atoms with Crippen LogP contribution in [0.15, 0.2) is 30.3 Å². The van der Waals surface area contributed by atoms with Gasteiger partial charge in [-0.25, -0.2) is 4.98 Å². The van der Waals surface area contributed by atoms with Gasteiger partial charge in [0.2, 0.25) is 5.91 Å². The molecule has 1 aliphatic heterocycles. The third kappa shape index (κ3) is 4.42. The van der Waals surface area contributed by atoms with Gasteiger partial charge in [-0.3, -0.25) is 19.4 Å². The number of nitrogens with one attached hydrogen (secondary N) is 2. The maximum Gasteiger partial charge on any atom is 0.251 e. The van der Waals surface area contributed by atoms with E-state index in [4.69, 9.17) is 0 Å². The summed E-state index contributed by atoms with van der Waals surface area (Å²) in [6, 6.07) is 8.66. The molecule has 3 aromatic rings. The molecule has 0 aliphatic carbocycles. The van der Waals surface area contributed by atoms with Crippen molar-refractivity contribution in [2.75, 3.05) is 6.54 Å². The van der Waals surface area contributed by atoms with Crippen LogP contribution in [0.4, 0.5) is 0 Å². The number of aryl methyl sites for hydroxylation is 3. The molecular weight excluding hydrogens is 406 g/mol. The van der Waals surface area contributed by atoms with Gasteiger partial charge in [0.05, 0.1) is 11.7 Å². The van der Waals surface area contributed by atoms with Crippen molar-refractivity contribution in [2.24, 2.45) is 7.05 Å². The maximum atomic E-state index is 13.3. The van der Waals surface area contributed by atoms with Crippen LogP contribution in [-0.2, 0) is 18.3 Å². The summed E-state index contributed by atoms with van der Waals surface area (Å²) >= 11 is 0. The van der Waals surface area contributed by atoms with Crippen LogP contribution in [0.25, 0.3) is 0 Å². The Morgan fingerprint density at radius 2 is 1.94 bits per heavy atom. The van der Waals surface area contributed by atoms with Crippen LogP contribution < -0.4 is 5.32 Å². The molecule has 1 aromatic carbocycles. The van der Waals surface area contributed by atoms with Crippen LogP contribution in [0.3, 0.4) is 0 Å². The molecule has 2 aromatic heterocycles. The average Bonchev–Trinajstić information content (AvgIpc) is 3.45. The lowest BCUT2D eigenvalue weighted by atomic mass is 10.1. The number of H-pyrrole nitrogens is 1. The first-order chi connectivity index (χ1) is 15.3. The van der Waals surface area contributed by atoms with Crippen LogP contribution in [-0.4, -0.2) is 54.3 Å². The van der Waals surface area contributed by atoms with Gasteiger partial charge in [-0.1, -0.05) is 18.2 Å². The van der Waals surface area contributed by atoms with E-state index in [9.17, 15) is 9.59 Å². The van der Waals surface area contributed by atoms with Crippen molar-refractivity contribution in [2.45, 2.75) is 52.1 Å². The molecule has 9 heteroatoms. The minimum atomic E-state index is -0.274. The second-order valence-corrected chi connectivity index (χ2v) is 8.39. The van der Waals surface area contributed by atoms with E-state index in [1.165, 1.54) is 0 Å². The highest BCUT2D eigenvalue weighted by Gasteiger charge is 2.39. The molecule has 3 heterocycles. The number of carbonyl (C=O) groups is 2. The Kier molecular flexibility index (Phi) is 6.07. The molecule has 2 atom stereocenters. The van der Waals surface area contributed by atoms with Gasteiger partial charge in [-0.15, -0.1) is 0 Å². The lowest BCUT2D eigenvalue weighted by molar-refractivity contribution is -0.132. The van der Waals surface area contributed by atoms with Crippen molar-refractivity contribution >= 4 is 11.8 Å². The Hall–Kier alpha value is -3.49. The van der Waals surface area contributed by atoms with E-state index in [2.05, 4.69) is 25.6 Å². The number of rotatable bonds is 6. The number of benzene rings is 1. The third-order valence-corrected chi connectivity index (χ3v) is 6.15. The predicted octanol–water partition coefficient (Wildman–Crippen LogP) is 2.17. The van der Waals surface area contributed by atoms with Crippen LogP contribution in [0.1, 0.15) is 57.8 Å². The van der Waals surface area contributed by atoms with E-state index in [0.29, 0.717) is 43.0 Å². The van der Waals surface area contributed by atoms with E-state index < -0.39 is 0 Å². The number of nitrogens with zero attached hydrogens (tertiary/aromatic N) is 5. The van der Waals surface area contributed by atoms with Gasteiger partial charge in [0, 0.05) is 37.3 Å². The summed E-state index contributed by atoms with van der Waals surface area (Å²) < 4.78 is 1.85. The topological polar surface area (TPSA) is 109 Å². The molecule has 2 amide bonds. The van der Waals surface area contributed by atoms with Crippen LogP contribution in [0, 0.1) is 20.8 Å². The molecule has 0 saturated carbocycles. The molecule has 0 radical (unpaired) electrons. The quantitative estimate of drug-likeness (QED) is 0.617. The van der Waals surface area contributed by atoms with Gasteiger partial charge in [0.25, 0.3) is 5.91 Å². The van der Waals surface area contributed by atoms with Crippen molar-refractivity contribution in [3.8, 4) is 0 Å². The second kappa shape index (κ2) is 8.94. The fraction of sp³-hybridized carbons (Fsp3) is 0.435. The molecule has 168 valence electrons. The minimum absolute atomic E-state index is 0.0246. The fourth-order valence-corrected chi connectivity index (χ4v) is 4.38. The van der Waals surface area contributed by atoms with E-state index in [-0.39, 0.29) is 23.9 Å². The highest BCUT2D eigenvalue weighted by Crippen LogP contribution is 2.31. The summed E-state index contributed by atoms with van der Waals surface area (Å²) in [7, 11) is 1.91. The van der Waals surface area contributed by atoms with Crippen molar-refractivity contribution < 1.29 is 9.59 Å². The van der Waals surface area contributed by atoms with Crippen LogP contribution in [0.2, 0.25) is 0 Å². The zero-order chi connectivity index (χ0) is 22.8. The van der Waals surface area contributed by atoms with Gasteiger partial charge in [0.15, 0.2) is 5.82 Å². The molecule has 4 rings (SSSR count). The molecule has 0 unspecified atom stereocenters. The molecule has 32 heavy (non-hydrogen) atoms. The van der Waals surface area contributed by atoms with Crippen molar-refractivity contribution in [1.29, 1.82) is 0 Å². The zero-order valence-corrected chi connectivity index (χ0v) is 18.9. The number of likely N-dealkylation sites (tertiary alicyclic amines) is 1. The van der Waals surface area contributed by atoms with Gasteiger partial charge < -0.3 is 10.2 Å². The van der Waals surface area contributed by atoms with E-state index in [0.717, 1.165) is 17.0 Å². The summed E-state index contributed by atoms with van der Waals surface area (Å²) in [6.07, 6.45) is 1.57. The highest BCUT2D eigenvalue weighted by atomic mass is 16.2. The van der Waals surface area contributed by atoms with Crippen molar-refractivity contribution in [3.63, 3.8) is 0 Å². The summed E-state index contributed by atoms with van der Waals surface area (Å²) in [4.78, 5) is 32.2. The number of carbonyl (C=O) groups excluding carboxylic acids is 2. The van der Waals surface area contributed by atoms with E-state index >= 15 is 0 Å². The molecule has 9 nitrogen and oxygen atoms in total.